The fourth-order valence-corrected chi connectivity index (χ4v) is 3.59. The Hall–Kier alpha value is -1.05. The predicted octanol–water partition coefficient (Wildman–Crippen LogP) is 1.84. The molecule has 0 atom stereocenters. The molecule has 1 aliphatic carbocycles. The van der Waals surface area contributed by atoms with E-state index in [1.807, 2.05) is 0 Å². The molecule has 112 valence electrons. The minimum absolute atomic E-state index is 0.0495. The highest BCUT2D eigenvalue weighted by atomic mass is 32.2. The van der Waals surface area contributed by atoms with E-state index < -0.39 is 26.6 Å². The van der Waals surface area contributed by atoms with Gasteiger partial charge in [0.1, 0.15) is 4.90 Å². The molecule has 20 heavy (non-hydrogen) atoms. The van der Waals surface area contributed by atoms with Gasteiger partial charge in [-0.25, -0.2) is 21.5 Å². The summed E-state index contributed by atoms with van der Waals surface area (Å²) in [6.07, 6.45) is 3.03. The van der Waals surface area contributed by atoms with E-state index in [-0.39, 0.29) is 12.1 Å². The first kappa shape index (κ1) is 15.3. The lowest BCUT2D eigenvalue weighted by Crippen LogP contribution is -2.35. The summed E-state index contributed by atoms with van der Waals surface area (Å²) < 4.78 is 53.0. The highest BCUT2D eigenvalue weighted by Gasteiger charge is 2.30. The Kier molecular flexibility index (Phi) is 4.41. The average molecular weight is 304 g/mol. The lowest BCUT2D eigenvalue weighted by Gasteiger charge is -2.29. The van der Waals surface area contributed by atoms with Crippen LogP contribution in [-0.4, -0.2) is 26.3 Å². The molecular weight excluding hydrogens is 286 g/mol. The molecule has 1 aromatic carbocycles. The van der Waals surface area contributed by atoms with Crippen LogP contribution in [0.1, 0.15) is 24.8 Å². The summed E-state index contributed by atoms with van der Waals surface area (Å²) in [6, 6.07) is 2.02. The van der Waals surface area contributed by atoms with E-state index in [1.54, 1.807) is 0 Å². The van der Waals surface area contributed by atoms with Crippen molar-refractivity contribution in [3.05, 3.63) is 29.3 Å². The summed E-state index contributed by atoms with van der Waals surface area (Å²) in [4.78, 5) is -0.639. The molecule has 4 nitrogen and oxygen atoms in total. The Morgan fingerprint density at radius 1 is 1.35 bits per heavy atom. The van der Waals surface area contributed by atoms with Gasteiger partial charge >= 0.3 is 0 Å². The van der Waals surface area contributed by atoms with Crippen LogP contribution in [0.2, 0.25) is 0 Å². The van der Waals surface area contributed by atoms with Gasteiger partial charge in [0.05, 0.1) is 0 Å². The van der Waals surface area contributed by atoms with Crippen LogP contribution >= 0.6 is 0 Å². The van der Waals surface area contributed by atoms with Crippen LogP contribution in [0.5, 0.6) is 0 Å². The molecule has 0 heterocycles. The van der Waals surface area contributed by atoms with Crippen molar-refractivity contribution in [2.45, 2.75) is 30.7 Å². The van der Waals surface area contributed by atoms with Crippen molar-refractivity contribution in [2.75, 3.05) is 13.6 Å². The van der Waals surface area contributed by atoms with Crippen molar-refractivity contribution in [2.24, 2.45) is 11.7 Å². The fraction of sp³-hybridized carbons (Fsp3) is 0.538. The van der Waals surface area contributed by atoms with E-state index >= 15 is 0 Å². The highest BCUT2D eigenvalue weighted by Crippen LogP contribution is 2.29. The van der Waals surface area contributed by atoms with E-state index in [9.17, 15) is 17.2 Å². The summed E-state index contributed by atoms with van der Waals surface area (Å²) in [5.74, 6) is -2.23. The van der Waals surface area contributed by atoms with Gasteiger partial charge in [0.15, 0.2) is 11.6 Å². The van der Waals surface area contributed by atoms with E-state index in [1.165, 1.54) is 7.05 Å². The third-order valence-electron chi connectivity index (χ3n) is 3.72. The fourth-order valence-electron chi connectivity index (χ4n) is 2.23. The quantitative estimate of drug-likeness (QED) is 0.903. The number of rotatable bonds is 5. The second kappa shape index (κ2) is 5.75. The van der Waals surface area contributed by atoms with E-state index in [2.05, 4.69) is 0 Å². The van der Waals surface area contributed by atoms with Crippen molar-refractivity contribution in [3.8, 4) is 0 Å². The Morgan fingerprint density at radius 3 is 2.50 bits per heavy atom. The highest BCUT2D eigenvalue weighted by molar-refractivity contribution is 7.89. The smallest absolute Gasteiger partial charge is 0.245 e. The van der Waals surface area contributed by atoms with E-state index in [0.717, 1.165) is 35.7 Å². The van der Waals surface area contributed by atoms with Gasteiger partial charge in [-0.2, -0.15) is 0 Å². The molecule has 1 aromatic rings. The maximum absolute atomic E-state index is 13.8. The molecule has 0 unspecified atom stereocenters. The zero-order chi connectivity index (χ0) is 14.9. The zero-order valence-corrected chi connectivity index (χ0v) is 12.1. The molecule has 0 aromatic heterocycles. The molecule has 2 N–H and O–H groups in total. The Balaban J connectivity index is 2.34. The molecule has 0 spiro atoms. The largest absolute Gasteiger partial charge is 0.326 e. The van der Waals surface area contributed by atoms with Crippen molar-refractivity contribution >= 4 is 10.0 Å². The number of sulfonamides is 1. The average Bonchev–Trinajstić information content (AvgIpc) is 2.36. The zero-order valence-electron chi connectivity index (χ0n) is 11.3. The topological polar surface area (TPSA) is 63.4 Å². The first-order chi connectivity index (χ1) is 9.36. The van der Waals surface area contributed by atoms with Crippen LogP contribution in [0.15, 0.2) is 17.0 Å². The normalized spacial score (nSPS) is 16.4. The third-order valence-corrected chi connectivity index (χ3v) is 5.54. The van der Waals surface area contributed by atoms with Crippen LogP contribution in [0.4, 0.5) is 8.78 Å². The first-order valence-corrected chi connectivity index (χ1v) is 7.94. The molecule has 1 saturated carbocycles. The van der Waals surface area contributed by atoms with Gasteiger partial charge < -0.3 is 5.73 Å². The van der Waals surface area contributed by atoms with Crippen LogP contribution in [0.3, 0.4) is 0 Å². The molecule has 2 rings (SSSR count). The van der Waals surface area contributed by atoms with Crippen LogP contribution in [0.25, 0.3) is 0 Å². The van der Waals surface area contributed by atoms with Crippen molar-refractivity contribution in [1.29, 1.82) is 0 Å². The van der Waals surface area contributed by atoms with Crippen molar-refractivity contribution < 1.29 is 17.2 Å². The third kappa shape index (κ3) is 2.84. The minimum Gasteiger partial charge on any atom is -0.326 e. The number of nitrogens with two attached hydrogens (primary N) is 1. The molecule has 0 bridgehead atoms. The number of halogens is 2. The second-order valence-corrected chi connectivity index (χ2v) is 7.19. The minimum atomic E-state index is -4.03. The molecule has 0 radical (unpaired) electrons. The predicted molar refractivity (Wildman–Crippen MR) is 71.4 cm³/mol. The Morgan fingerprint density at radius 2 is 2.00 bits per heavy atom. The second-order valence-electron chi connectivity index (χ2n) is 5.18. The van der Waals surface area contributed by atoms with Crippen LogP contribution in [-0.2, 0) is 16.6 Å². The molecule has 1 aliphatic rings. The molecule has 7 heteroatoms. The number of nitrogens with zero attached hydrogens (tertiary/aromatic N) is 1. The Bertz CT molecular complexity index is 601. The van der Waals surface area contributed by atoms with E-state index in [0.29, 0.717) is 12.5 Å². The molecule has 0 saturated heterocycles. The van der Waals surface area contributed by atoms with Gasteiger partial charge in [-0.05, 0) is 36.5 Å². The van der Waals surface area contributed by atoms with Crippen molar-refractivity contribution in [3.63, 3.8) is 0 Å². The van der Waals surface area contributed by atoms with Crippen LogP contribution in [0, 0.1) is 17.6 Å². The molecule has 0 amide bonds. The summed E-state index contributed by atoms with van der Waals surface area (Å²) >= 11 is 0. The molecular formula is C13H18F2N2O2S. The van der Waals surface area contributed by atoms with E-state index in [4.69, 9.17) is 5.73 Å². The first-order valence-electron chi connectivity index (χ1n) is 6.50. The van der Waals surface area contributed by atoms with Gasteiger partial charge in [-0.1, -0.05) is 6.42 Å². The van der Waals surface area contributed by atoms with Crippen LogP contribution < -0.4 is 5.73 Å². The number of hydrogen-bond acceptors (Lipinski definition) is 3. The van der Waals surface area contributed by atoms with Gasteiger partial charge in [-0.15, -0.1) is 0 Å². The Labute approximate surface area is 117 Å². The van der Waals surface area contributed by atoms with Crippen molar-refractivity contribution in [1.82, 2.24) is 4.31 Å². The van der Waals surface area contributed by atoms with Gasteiger partial charge in [0.2, 0.25) is 10.0 Å². The maximum Gasteiger partial charge on any atom is 0.245 e. The van der Waals surface area contributed by atoms with Gasteiger partial charge in [-0.3, -0.25) is 0 Å². The number of hydrogen-bond donors (Lipinski definition) is 1. The summed E-state index contributed by atoms with van der Waals surface area (Å²) in [5.41, 5.74) is 5.62. The molecule has 0 aliphatic heterocycles. The standard InChI is InChI=1S/C13H18F2N2O2S/c1-17(8-9-3-2-4-9)20(18,19)12-6-10(7-16)5-11(14)13(12)15/h5-6,9H,2-4,7-8,16H2,1H3. The van der Waals surface area contributed by atoms with Gasteiger partial charge in [0, 0.05) is 20.1 Å². The summed E-state index contributed by atoms with van der Waals surface area (Å²) in [6.45, 7) is 0.280. The maximum atomic E-state index is 13.8. The summed E-state index contributed by atoms with van der Waals surface area (Å²) in [7, 11) is -2.64. The summed E-state index contributed by atoms with van der Waals surface area (Å²) in [5, 5.41) is 0. The monoisotopic (exact) mass is 304 g/mol. The SMILES string of the molecule is CN(CC1CCC1)S(=O)(=O)c1cc(CN)cc(F)c1F. The molecule has 1 fully saturated rings. The number of benzene rings is 1. The lowest BCUT2D eigenvalue weighted by molar-refractivity contribution is 0.262. The lowest BCUT2D eigenvalue weighted by atomic mass is 9.86. The van der Waals surface area contributed by atoms with Gasteiger partial charge in [0.25, 0.3) is 0 Å².